The number of amides is 1. The number of nitrogens with zero attached hydrogens (tertiary/aromatic N) is 2. The van der Waals surface area contributed by atoms with Gasteiger partial charge in [0.15, 0.2) is 5.78 Å². The second-order valence-corrected chi connectivity index (χ2v) is 9.06. The van der Waals surface area contributed by atoms with Crippen LogP contribution in [0.2, 0.25) is 0 Å². The highest BCUT2D eigenvalue weighted by Crippen LogP contribution is 2.31. The summed E-state index contributed by atoms with van der Waals surface area (Å²) in [7, 11) is -4.10. The van der Waals surface area contributed by atoms with Gasteiger partial charge < -0.3 is 9.30 Å². The second kappa shape index (κ2) is 7.86. The maximum atomic E-state index is 13.0. The van der Waals surface area contributed by atoms with Crippen LogP contribution in [0.25, 0.3) is 5.69 Å². The molecule has 0 saturated heterocycles. The predicted octanol–water partition coefficient (Wildman–Crippen LogP) is 3.72. The van der Waals surface area contributed by atoms with Crippen molar-refractivity contribution in [3.8, 4) is 11.4 Å². The van der Waals surface area contributed by atoms with E-state index in [0.717, 1.165) is 0 Å². The molecule has 2 heterocycles. The van der Waals surface area contributed by atoms with Crippen molar-refractivity contribution in [2.45, 2.75) is 25.4 Å². The van der Waals surface area contributed by atoms with Gasteiger partial charge in [0.25, 0.3) is 15.9 Å². The van der Waals surface area contributed by atoms with Gasteiger partial charge in [0.05, 0.1) is 5.56 Å². The Labute approximate surface area is 182 Å². The number of ether oxygens (including phenoxy) is 1. The molecule has 0 saturated carbocycles. The molecule has 1 amide bonds. The van der Waals surface area contributed by atoms with E-state index in [1.54, 1.807) is 42.7 Å². The molecule has 0 unspecified atom stereocenters. The Kier molecular flexibility index (Phi) is 5.33. The maximum Gasteiger partial charge on any atom is 0.387 e. The first-order valence-corrected chi connectivity index (χ1v) is 11.0. The highest BCUT2D eigenvalue weighted by atomic mass is 32.2. The zero-order chi connectivity index (χ0) is 23.2. The minimum atomic E-state index is -4.10. The molecule has 1 aromatic heterocycles. The van der Waals surface area contributed by atoms with E-state index in [2.05, 4.69) is 4.74 Å². The molecule has 7 nitrogen and oxygen atoms in total. The third kappa shape index (κ3) is 3.56. The number of fused-ring (bicyclic) bond motifs is 1. The highest BCUT2D eigenvalue weighted by Gasteiger charge is 2.42. The molecular weight excluding hydrogens is 442 g/mol. The summed E-state index contributed by atoms with van der Waals surface area (Å²) in [6.45, 7) is -0.128. The van der Waals surface area contributed by atoms with Gasteiger partial charge >= 0.3 is 6.61 Å². The van der Waals surface area contributed by atoms with Crippen LogP contribution in [0.15, 0.2) is 59.5 Å². The van der Waals surface area contributed by atoms with Gasteiger partial charge in [-0.2, -0.15) is 8.78 Å². The molecule has 1 aliphatic heterocycles. The van der Waals surface area contributed by atoms with E-state index in [-0.39, 0.29) is 21.8 Å². The zero-order valence-electron chi connectivity index (χ0n) is 17.1. The molecule has 0 bridgehead atoms. The first-order chi connectivity index (χ1) is 15.1. The number of alkyl halides is 2. The van der Waals surface area contributed by atoms with Crippen molar-refractivity contribution in [3.05, 3.63) is 77.1 Å². The van der Waals surface area contributed by atoms with Crippen LogP contribution in [0, 0.1) is 13.8 Å². The van der Waals surface area contributed by atoms with E-state index in [0.29, 0.717) is 21.4 Å². The van der Waals surface area contributed by atoms with Gasteiger partial charge in [0.1, 0.15) is 17.2 Å². The molecule has 3 aromatic rings. The monoisotopic (exact) mass is 460 g/mol. The summed E-state index contributed by atoms with van der Waals surface area (Å²) >= 11 is 0. The third-order valence-corrected chi connectivity index (χ3v) is 7.04. The Balaban J connectivity index is 1.62. The van der Waals surface area contributed by atoms with Gasteiger partial charge in [-0.1, -0.05) is 12.1 Å². The molecular formula is C22H18F2N2O5S. The topological polar surface area (TPSA) is 85.7 Å². The molecule has 0 radical (unpaired) electrons. The molecule has 4 rings (SSSR count). The quantitative estimate of drug-likeness (QED) is 0.524. The molecule has 32 heavy (non-hydrogen) atoms. The summed E-state index contributed by atoms with van der Waals surface area (Å²) in [6.07, 6.45) is 0. The number of ketones is 1. The average Bonchev–Trinajstić information content (AvgIpc) is 3.14. The van der Waals surface area contributed by atoms with E-state index in [9.17, 15) is 26.8 Å². The lowest BCUT2D eigenvalue weighted by Gasteiger charge is -2.14. The van der Waals surface area contributed by atoms with E-state index in [1.165, 1.54) is 30.3 Å². The number of carbonyl (C=O) groups excluding carboxylic acids is 2. The summed E-state index contributed by atoms with van der Waals surface area (Å²) in [6, 6.07) is 13.3. The van der Waals surface area contributed by atoms with E-state index >= 15 is 0 Å². The Bertz CT molecular complexity index is 1330. The molecule has 2 aromatic carbocycles. The molecule has 0 N–H and O–H groups in total. The fourth-order valence-corrected chi connectivity index (χ4v) is 5.35. The van der Waals surface area contributed by atoms with Crippen LogP contribution >= 0.6 is 0 Å². The summed E-state index contributed by atoms with van der Waals surface area (Å²) in [5, 5.41) is 0. The molecule has 0 fully saturated rings. The fraction of sp³-hybridized carbons (Fsp3) is 0.182. The van der Waals surface area contributed by atoms with Crippen molar-refractivity contribution in [2.24, 2.45) is 0 Å². The molecule has 0 atom stereocenters. The smallest absolute Gasteiger partial charge is 0.387 e. The van der Waals surface area contributed by atoms with Crippen LogP contribution in [0.4, 0.5) is 8.78 Å². The number of hydrogen-bond acceptors (Lipinski definition) is 5. The SMILES string of the molecule is Cc1cc(C(=O)CN2C(=O)c3ccccc3S2(=O)=O)c(C)n1-c1ccc(OC(F)F)cc1. The Morgan fingerprint density at radius 2 is 1.72 bits per heavy atom. The largest absolute Gasteiger partial charge is 0.435 e. The van der Waals surface area contributed by atoms with Crippen LogP contribution in [0.1, 0.15) is 32.1 Å². The fourth-order valence-electron chi connectivity index (χ4n) is 3.82. The van der Waals surface area contributed by atoms with Gasteiger partial charge in [-0.15, -0.1) is 0 Å². The van der Waals surface area contributed by atoms with Crippen molar-refractivity contribution in [1.82, 2.24) is 8.87 Å². The lowest BCUT2D eigenvalue weighted by atomic mass is 10.1. The van der Waals surface area contributed by atoms with Gasteiger partial charge in [-0.05, 0) is 56.3 Å². The van der Waals surface area contributed by atoms with Crippen LogP contribution < -0.4 is 4.74 Å². The minimum Gasteiger partial charge on any atom is -0.435 e. The van der Waals surface area contributed by atoms with E-state index < -0.39 is 34.9 Å². The number of benzene rings is 2. The van der Waals surface area contributed by atoms with Crippen molar-refractivity contribution in [2.75, 3.05) is 6.54 Å². The number of halogens is 2. The van der Waals surface area contributed by atoms with Crippen molar-refractivity contribution in [1.29, 1.82) is 0 Å². The number of aryl methyl sites for hydroxylation is 1. The molecule has 0 spiro atoms. The minimum absolute atomic E-state index is 0.000157. The van der Waals surface area contributed by atoms with E-state index in [1.807, 2.05) is 0 Å². The van der Waals surface area contributed by atoms with Crippen molar-refractivity contribution < 1.29 is 31.5 Å². The standard InChI is InChI=1S/C22H18F2N2O5S/c1-13-11-18(14(2)26(13)15-7-9-16(10-8-15)31-22(23)24)19(27)12-25-21(28)17-5-3-4-6-20(17)32(25,29)30/h3-11,22H,12H2,1-2H3. The number of sulfonamides is 1. The number of carbonyl (C=O) groups is 2. The van der Waals surface area contributed by atoms with Crippen molar-refractivity contribution in [3.63, 3.8) is 0 Å². The number of hydrogen-bond donors (Lipinski definition) is 0. The number of rotatable bonds is 6. The zero-order valence-corrected chi connectivity index (χ0v) is 17.9. The highest BCUT2D eigenvalue weighted by molar-refractivity contribution is 7.90. The number of Topliss-reactive ketones (excluding diaryl/α,β-unsaturated/α-hetero) is 1. The second-order valence-electron chi connectivity index (χ2n) is 7.23. The van der Waals surface area contributed by atoms with Crippen molar-refractivity contribution >= 4 is 21.7 Å². The maximum absolute atomic E-state index is 13.0. The number of aromatic nitrogens is 1. The van der Waals surface area contributed by atoms with Gasteiger partial charge in [-0.3, -0.25) is 9.59 Å². The van der Waals surface area contributed by atoms with Gasteiger partial charge in [0.2, 0.25) is 0 Å². The van der Waals surface area contributed by atoms with E-state index in [4.69, 9.17) is 0 Å². The Morgan fingerprint density at radius 1 is 1.06 bits per heavy atom. The van der Waals surface area contributed by atoms with Gasteiger partial charge in [-0.25, -0.2) is 12.7 Å². The Hall–Kier alpha value is -3.53. The van der Waals surface area contributed by atoms with Crippen LogP contribution in [-0.4, -0.2) is 42.1 Å². The molecule has 1 aliphatic rings. The third-order valence-electron chi connectivity index (χ3n) is 5.25. The van der Waals surface area contributed by atoms with Crippen LogP contribution in [-0.2, 0) is 10.0 Å². The Morgan fingerprint density at radius 3 is 2.34 bits per heavy atom. The molecule has 166 valence electrons. The van der Waals surface area contributed by atoms with Gasteiger partial charge in [0, 0.05) is 22.6 Å². The summed E-state index contributed by atoms with van der Waals surface area (Å²) in [4.78, 5) is 25.5. The van der Waals surface area contributed by atoms with Crippen LogP contribution in [0.3, 0.4) is 0 Å². The summed E-state index contributed by atoms with van der Waals surface area (Å²) in [5.41, 5.74) is 2.10. The van der Waals surface area contributed by atoms with Crippen LogP contribution in [0.5, 0.6) is 5.75 Å². The molecule has 10 heteroatoms. The lowest BCUT2D eigenvalue weighted by molar-refractivity contribution is -0.0498. The lowest BCUT2D eigenvalue weighted by Crippen LogP contribution is -2.35. The average molecular weight is 460 g/mol. The first kappa shape index (κ1) is 21.7. The molecule has 0 aliphatic carbocycles. The predicted molar refractivity (Wildman–Crippen MR) is 111 cm³/mol. The summed E-state index contributed by atoms with van der Waals surface area (Å²) < 4.78 is 56.9. The summed E-state index contributed by atoms with van der Waals surface area (Å²) in [5.74, 6) is -1.27. The first-order valence-electron chi connectivity index (χ1n) is 9.54. The normalized spacial score (nSPS) is 14.7.